The van der Waals surface area contributed by atoms with E-state index in [0.29, 0.717) is 32.5 Å². The van der Waals surface area contributed by atoms with Crippen molar-refractivity contribution in [2.75, 3.05) is 31.1 Å². The summed E-state index contributed by atoms with van der Waals surface area (Å²) in [6.07, 6.45) is 0.759. The van der Waals surface area contributed by atoms with E-state index in [1.54, 1.807) is 11.8 Å². The Morgan fingerprint density at radius 2 is 1.89 bits per heavy atom. The molecule has 7 nitrogen and oxygen atoms in total. The zero-order chi connectivity index (χ0) is 20.0. The van der Waals surface area contributed by atoms with Crippen molar-refractivity contribution in [2.24, 2.45) is 0 Å². The minimum absolute atomic E-state index is 0.105. The van der Waals surface area contributed by atoms with Crippen molar-refractivity contribution in [1.82, 2.24) is 10.2 Å². The number of ether oxygens (including phenoxy) is 1. The number of hydrogen-bond acceptors (Lipinski definition) is 4. The van der Waals surface area contributed by atoms with Crippen LogP contribution in [0.15, 0.2) is 18.2 Å². The third kappa shape index (κ3) is 5.63. The van der Waals surface area contributed by atoms with Gasteiger partial charge in [0.05, 0.1) is 6.61 Å². The zero-order valence-corrected chi connectivity index (χ0v) is 15.3. The molecule has 2 rings (SSSR count). The van der Waals surface area contributed by atoms with Crippen LogP contribution in [-0.4, -0.2) is 55.1 Å². The summed E-state index contributed by atoms with van der Waals surface area (Å²) in [6.45, 7) is 3.90. The number of likely N-dealkylation sites (tertiary alicyclic amines) is 1. The van der Waals surface area contributed by atoms with Gasteiger partial charge >= 0.3 is 6.09 Å². The lowest BCUT2D eigenvalue weighted by Crippen LogP contribution is -2.49. The highest BCUT2D eigenvalue weighted by atomic mass is 19.2. The van der Waals surface area contributed by atoms with Gasteiger partial charge < -0.3 is 19.9 Å². The summed E-state index contributed by atoms with van der Waals surface area (Å²) in [5.74, 6) is -3.00. The minimum atomic E-state index is -1.09. The molecule has 1 heterocycles. The Morgan fingerprint density at radius 1 is 1.22 bits per heavy atom. The van der Waals surface area contributed by atoms with E-state index in [4.69, 9.17) is 4.74 Å². The van der Waals surface area contributed by atoms with Crippen LogP contribution >= 0.6 is 0 Å². The molecular formula is C18H23F2N3O4. The Labute approximate surface area is 156 Å². The van der Waals surface area contributed by atoms with Crippen LogP contribution < -0.4 is 10.2 Å². The number of nitrogens with one attached hydrogen (secondary N) is 1. The van der Waals surface area contributed by atoms with Crippen molar-refractivity contribution >= 4 is 23.6 Å². The molecule has 1 aliphatic rings. The van der Waals surface area contributed by atoms with Crippen LogP contribution in [0.3, 0.4) is 0 Å². The Balaban J connectivity index is 1.90. The van der Waals surface area contributed by atoms with Crippen molar-refractivity contribution in [2.45, 2.75) is 32.7 Å². The average Bonchev–Trinajstić information content (AvgIpc) is 2.62. The number of benzene rings is 1. The van der Waals surface area contributed by atoms with Crippen LogP contribution in [0.5, 0.6) is 0 Å². The number of halogens is 2. The van der Waals surface area contributed by atoms with Gasteiger partial charge in [0.15, 0.2) is 11.6 Å². The minimum Gasteiger partial charge on any atom is -0.450 e. The molecule has 148 valence electrons. The van der Waals surface area contributed by atoms with Crippen molar-refractivity contribution in [3.05, 3.63) is 29.8 Å². The number of anilines is 1. The quantitative estimate of drug-likeness (QED) is 0.844. The maximum absolute atomic E-state index is 13.4. The molecule has 0 atom stereocenters. The Kier molecular flexibility index (Phi) is 7.09. The first kappa shape index (κ1) is 20.6. The zero-order valence-electron chi connectivity index (χ0n) is 15.3. The van der Waals surface area contributed by atoms with Gasteiger partial charge in [0, 0.05) is 37.8 Å². The van der Waals surface area contributed by atoms with Gasteiger partial charge in [-0.1, -0.05) is 0 Å². The molecule has 1 saturated heterocycles. The molecule has 0 spiro atoms. The van der Waals surface area contributed by atoms with Gasteiger partial charge in [-0.2, -0.15) is 0 Å². The predicted octanol–water partition coefficient (Wildman–Crippen LogP) is 2.05. The molecule has 27 heavy (non-hydrogen) atoms. The summed E-state index contributed by atoms with van der Waals surface area (Å²) in [4.78, 5) is 38.4. The van der Waals surface area contributed by atoms with Gasteiger partial charge in [-0.25, -0.2) is 13.6 Å². The third-order valence-electron chi connectivity index (χ3n) is 4.28. The van der Waals surface area contributed by atoms with Crippen molar-refractivity contribution in [3.63, 3.8) is 0 Å². The molecule has 0 aliphatic carbocycles. The molecule has 1 fully saturated rings. The lowest BCUT2D eigenvalue weighted by molar-refractivity contribution is -0.123. The SMILES string of the molecule is CCOC(=O)N1CCC(NC(=O)CN(C(C)=O)c2ccc(F)c(F)c2)CC1. The topological polar surface area (TPSA) is 79.0 Å². The van der Waals surface area contributed by atoms with E-state index in [2.05, 4.69) is 5.32 Å². The van der Waals surface area contributed by atoms with Crippen molar-refractivity contribution < 1.29 is 27.9 Å². The van der Waals surface area contributed by atoms with Crippen molar-refractivity contribution in [1.29, 1.82) is 0 Å². The number of nitrogens with zero attached hydrogens (tertiary/aromatic N) is 2. The van der Waals surface area contributed by atoms with Gasteiger partial charge in [0.2, 0.25) is 11.8 Å². The summed E-state index contributed by atoms with van der Waals surface area (Å²) < 4.78 is 31.4. The molecule has 0 radical (unpaired) electrons. The van der Waals surface area contributed by atoms with Crippen LogP contribution in [0.25, 0.3) is 0 Å². The molecule has 1 N–H and O–H groups in total. The largest absolute Gasteiger partial charge is 0.450 e. The van der Waals surface area contributed by atoms with E-state index in [9.17, 15) is 23.2 Å². The molecule has 1 aliphatic heterocycles. The number of hydrogen-bond donors (Lipinski definition) is 1. The molecular weight excluding hydrogens is 360 g/mol. The van der Waals surface area contributed by atoms with E-state index in [1.807, 2.05) is 0 Å². The molecule has 9 heteroatoms. The summed E-state index contributed by atoms with van der Waals surface area (Å²) >= 11 is 0. The smallest absolute Gasteiger partial charge is 0.409 e. The van der Waals surface area contributed by atoms with Gasteiger partial charge in [0.1, 0.15) is 6.54 Å². The standard InChI is InChI=1S/C18H23F2N3O4/c1-3-27-18(26)22-8-6-13(7-9-22)21-17(25)11-23(12(2)24)14-4-5-15(19)16(20)10-14/h4-5,10,13H,3,6-9,11H2,1-2H3,(H,21,25). The highest BCUT2D eigenvalue weighted by Gasteiger charge is 2.25. The Hall–Kier alpha value is -2.71. The normalized spacial score (nSPS) is 14.6. The summed E-state index contributed by atoms with van der Waals surface area (Å²) in [5, 5.41) is 2.81. The maximum atomic E-state index is 13.4. The van der Waals surface area contributed by atoms with E-state index in [0.717, 1.165) is 17.0 Å². The second-order valence-electron chi connectivity index (χ2n) is 6.23. The Morgan fingerprint density at radius 3 is 2.44 bits per heavy atom. The van der Waals surface area contributed by atoms with Crippen molar-refractivity contribution in [3.8, 4) is 0 Å². The second-order valence-corrected chi connectivity index (χ2v) is 6.23. The summed E-state index contributed by atoms with van der Waals surface area (Å²) in [6, 6.07) is 2.89. The van der Waals surface area contributed by atoms with E-state index < -0.39 is 23.4 Å². The maximum Gasteiger partial charge on any atom is 0.409 e. The first-order valence-electron chi connectivity index (χ1n) is 8.76. The molecule has 0 saturated carbocycles. The molecule has 1 aromatic carbocycles. The van der Waals surface area contributed by atoms with Crippen LogP contribution in [0.4, 0.5) is 19.3 Å². The number of piperidine rings is 1. The van der Waals surface area contributed by atoms with E-state index >= 15 is 0 Å². The lowest BCUT2D eigenvalue weighted by atomic mass is 10.1. The number of carbonyl (C=O) groups is 3. The van der Waals surface area contributed by atoms with Gasteiger partial charge in [-0.15, -0.1) is 0 Å². The summed E-state index contributed by atoms with van der Waals surface area (Å²) in [5.41, 5.74) is 0.105. The fourth-order valence-electron chi connectivity index (χ4n) is 2.88. The summed E-state index contributed by atoms with van der Waals surface area (Å²) in [7, 11) is 0. The van der Waals surface area contributed by atoms with Crippen LogP contribution in [0.2, 0.25) is 0 Å². The molecule has 3 amide bonds. The average molecular weight is 383 g/mol. The number of amides is 3. The van der Waals surface area contributed by atoms with Gasteiger partial charge in [-0.3, -0.25) is 9.59 Å². The fourth-order valence-corrected chi connectivity index (χ4v) is 2.88. The fraction of sp³-hybridized carbons (Fsp3) is 0.500. The Bertz CT molecular complexity index is 706. The highest BCUT2D eigenvalue weighted by Crippen LogP contribution is 2.18. The van der Waals surface area contributed by atoms with Gasteiger partial charge in [-0.05, 0) is 31.9 Å². The highest BCUT2D eigenvalue weighted by molar-refractivity contribution is 5.97. The molecule has 0 bridgehead atoms. The lowest BCUT2D eigenvalue weighted by Gasteiger charge is -2.32. The number of carbonyl (C=O) groups excluding carboxylic acids is 3. The van der Waals surface area contributed by atoms with E-state index in [-0.39, 0.29) is 24.4 Å². The van der Waals surface area contributed by atoms with Crippen LogP contribution in [0.1, 0.15) is 26.7 Å². The molecule has 0 unspecified atom stereocenters. The monoisotopic (exact) mass is 383 g/mol. The molecule has 1 aromatic rings. The first-order valence-corrected chi connectivity index (χ1v) is 8.76. The molecule has 0 aromatic heterocycles. The van der Waals surface area contributed by atoms with E-state index in [1.165, 1.54) is 13.0 Å². The first-order chi connectivity index (χ1) is 12.8. The van der Waals surface area contributed by atoms with Crippen LogP contribution in [-0.2, 0) is 14.3 Å². The van der Waals surface area contributed by atoms with Gasteiger partial charge in [0.25, 0.3) is 0 Å². The second kappa shape index (κ2) is 9.29. The van der Waals surface area contributed by atoms with Crippen LogP contribution in [0, 0.1) is 11.6 Å². The predicted molar refractivity (Wildman–Crippen MR) is 94.1 cm³/mol. The number of rotatable bonds is 5. The third-order valence-corrected chi connectivity index (χ3v) is 4.28.